The predicted octanol–water partition coefficient (Wildman–Crippen LogP) is 1.88. The topological polar surface area (TPSA) is 56.5 Å². The number of rotatable bonds is 8. The van der Waals surface area contributed by atoms with E-state index in [1.165, 1.54) is 5.56 Å². The van der Waals surface area contributed by atoms with Gasteiger partial charge in [0, 0.05) is 13.2 Å². The van der Waals surface area contributed by atoms with Crippen molar-refractivity contribution >= 4 is 0 Å². The first-order chi connectivity index (χ1) is 8.69. The molecule has 102 valence electrons. The first kappa shape index (κ1) is 15.0. The monoisotopic (exact) mass is 252 g/mol. The van der Waals surface area contributed by atoms with E-state index in [1.807, 2.05) is 18.2 Å². The van der Waals surface area contributed by atoms with Crippen LogP contribution in [-0.2, 0) is 11.2 Å². The van der Waals surface area contributed by atoms with E-state index < -0.39 is 0 Å². The van der Waals surface area contributed by atoms with E-state index in [0.717, 1.165) is 25.0 Å². The zero-order valence-electron chi connectivity index (χ0n) is 11.5. The van der Waals surface area contributed by atoms with Crippen LogP contribution in [0, 0.1) is 0 Å². The maximum atomic E-state index is 5.60. The van der Waals surface area contributed by atoms with Crippen molar-refractivity contribution < 1.29 is 9.47 Å². The van der Waals surface area contributed by atoms with Crippen LogP contribution in [0.1, 0.15) is 25.3 Å². The highest BCUT2D eigenvalue weighted by Crippen LogP contribution is 2.15. The van der Waals surface area contributed by atoms with Crippen molar-refractivity contribution in [2.75, 3.05) is 14.2 Å². The second-order valence-corrected chi connectivity index (χ2v) is 4.54. The zero-order valence-corrected chi connectivity index (χ0v) is 11.5. The number of hydrazine groups is 1. The third kappa shape index (κ3) is 5.04. The molecule has 0 spiro atoms. The molecule has 1 aromatic rings. The fraction of sp³-hybridized carbons (Fsp3) is 0.571. The molecule has 3 N–H and O–H groups in total. The average molecular weight is 252 g/mol. The van der Waals surface area contributed by atoms with Gasteiger partial charge in [0.25, 0.3) is 0 Å². The molecular formula is C14H24N2O2. The second-order valence-electron chi connectivity index (χ2n) is 4.54. The Labute approximate surface area is 109 Å². The molecular weight excluding hydrogens is 228 g/mol. The minimum absolute atomic E-state index is 0.259. The van der Waals surface area contributed by atoms with E-state index in [4.69, 9.17) is 15.3 Å². The van der Waals surface area contributed by atoms with Gasteiger partial charge >= 0.3 is 0 Å². The van der Waals surface area contributed by atoms with Gasteiger partial charge in [0.1, 0.15) is 5.75 Å². The number of hydrogen-bond acceptors (Lipinski definition) is 4. The van der Waals surface area contributed by atoms with Gasteiger partial charge in [0.2, 0.25) is 0 Å². The van der Waals surface area contributed by atoms with Crippen LogP contribution in [0.5, 0.6) is 5.75 Å². The normalized spacial score (nSPS) is 14.2. The quantitative estimate of drug-likeness (QED) is 0.548. The molecule has 4 nitrogen and oxygen atoms in total. The SMILES string of the molecule is COc1cccc(CC(CCC(C)OC)NN)c1. The number of nitrogens with one attached hydrogen (secondary N) is 1. The molecule has 18 heavy (non-hydrogen) atoms. The molecule has 1 rings (SSSR count). The maximum Gasteiger partial charge on any atom is 0.119 e. The Morgan fingerprint density at radius 2 is 2.06 bits per heavy atom. The molecule has 0 radical (unpaired) electrons. The van der Waals surface area contributed by atoms with Crippen LogP contribution in [0.4, 0.5) is 0 Å². The van der Waals surface area contributed by atoms with Gasteiger partial charge in [-0.25, -0.2) is 0 Å². The molecule has 0 heterocycles. The maximum absolute atomic E-state index is 5.60. The number of hydrogen-bond donors (Lipinski definition) is 2. The van der Waals surface area contributed by atoms with Gasteiger partial charge in [-0.1, -0.05) is 12.1 Å². The molecule has 0 saturated heterocycles. The molecule has 0 aliphatic heterocycles. The Morgan fingerprint density at radius 1 is 1.28 bits per heavy atom. The van der Waals surface area contributed by atoms with Crippen molar-refractivity contribution in [1.29, 1.82) is 0 Å². The van der Waals surface area contributed by atoms with Gasteiger partial charge in [0.05, 0.1) is 13.2 Å². The van der Waals surface area contributed by atoms with E-state index in [-0.39, 0.29) is 12.1 Å². The van der Waals surface area contributed by atoms with Crippen molar-refractivity contribution in [3.63, 3.8) is 0 Å². The lowest BCUT2D eigenvalue weighted by Crippen LogP contribution is -2.37. The zero-order chi connectivity index (χ0) is 13.4. The summed E-state index contributed by atoms with van der Waals surface area (Å²) in [6.45, 7) is 2.07. The van der Waals surface area contributed by atoms with E-state index in [1.54, 1.807) is 14.2 Å². The molecule has 0 aromatic heterocycles. The third-order valence-electron chi connectivity index (χ3n) is 3.18. The van der Waals surface area contributed by atoms with Crippen molar-refractivity contribution in [3.05, 3.63) is 29.8 Å². The molecule has 0 bridgehead atoms. The van der Waals surface area contributed by atoms with Crippen molar-refractivity contribution in [2.24, 2.45) is 5.84 Å². The van der Waals surface area contributed by atoms with E-state index >= 15 is 0 Å². The average Bonchev–Trinajstić information content (AvgIpc) is 2.43. The van der Waals surface area contributed by atoms with Crippen LogP contribution in [0.3, 0.4) is 0 Å². The highest BCUT2D eigenvalue weighted by molar-refractivity contribution is 5.28. The molecule has 0 aliphatic carbocycles. The fourth-order valence-electron chi connectivity index (χ4n) is 1.88. The molecule has 4 heteroatoms. The van der Waals surface area contributed by atoms with Gasteiger partial charge in [-0.2, -0.15) is 0 Å². The highest BCUT2D eigenvalue weighted by Gasteiger charge is 2.10. The van der Waals surface area contributed by atoms with Gasteiger partial charge in [-0.15, -0.1) is 0 Å². The summed E-state index contributed by atoms with van der Waals surface area (Å²) < 4.78 is 10.5. The summed E-state index contributed by atoms with van der Waals surface area (Å²) in [5.74, 6) is 6.48. The van der Waals surface area contributed by atoms with Gasteiger partial charge < -0.3 is 9.47 Å². The van der Waals surface area contributed by atoms with E-state index in [9.17, 15) is 0 Å². The summed E-state index contributed by atoms with van der Waals surface area (Å²) >= 11 is 0. The first-order valence-corrected chi connectivity index (χ1v) is 6.31. The lowest BCUT2D eigenvalue weighted by molar-refractivity contribution is 0.106. The summed E-state index contributed by atoms with van der Waals surface area (Å²) in [5, 5.41) is 0. The lowest BCUT2D eigenvalue weighted by Gasteiger charge is -2.18. The standard InChI is InChI=1S/C14H24N2O2/c1-11(17-2)7-8-13(16-15)9-12-5-4-6-14(10-12)18-3/h4-6,10-11,13,16H,7-9,15H2,1-3H3. The second kappa shape index (κ2) is 8.08. The van der Waals surface area contributed by atoms with Crippen LogP contribution in [0.15, 0.2) is 24.3 Å². The Hall–Kier alpha value is -1.10. The van der Waals surface area contributed by atoms with Crippen LogP contribution >= 0.6 is 0 Å². The van der Waals surface area contributed by atoms with E-state index in [2.05, 4.69) is 18.4 Å². The Balaban J connectivity index is 2.51. The number of benzene rings is 1. The largest absolute Gasteiger partial charge is 0.497 e. The smallest absolute Gasteiger partial charge is 0.119 e. The molecule has 1 aromatic carbocycles. The van der Waals surface area contributed by atoms with Crippen molar-refractivity contribution in [3.8, 4) is 5.75 Å². The third-order valence-corrected chi connectivity index (χ3v) is 3.18. The van der Waals surface area contributed by atoms with Crippen LogP contribution in [0.25, 0.3) is 0 Å². The molecule has 0 aliphatic rings. The number of methoxy groups -OCH3 is 2. The van der Waals surface area contributed by atoms with Gasteiger partial charge in [-0.05, 0) is 43.9 Å². The van der Waals surface area contributed by atoms with Crippen molar-refractivity contribution in [1.82, 2.24) is 5.43 Å². The number of nitrogens with two attached hydrogens (primary N) is 1. The Morgan fingerprint density at radius 3 is 2.67 bits per heavy atom. The summed E-state index contributed by atoms with van der Waals surface area (Å²) in [4.78, 5) is 0. The van der Waals surface area contributed by atoms with Gasteiger partial charge in [0.15, 0.2) is 0 Å². The molecule has 2 unspecified atom stereocenters. The highest BCUT2D eigenvalue weighted by atomic mass is 16.5. The van der Waals surface area contributed by atoms with Crippen LogP contribution in [0.2, 0.25) is 0 Å². The summed E-state index contributed by atoms with van der Waals surface area (Å²) in [5.41, 5.74) is 4.10. The predicted molar refractivity (Wildman–Crippen MR) is 73.5 cm³/mol. The van der Waals surface area contributed by atoms with Crippen LogP contribution in [-0.4, -0.2) is 26.4 Å². The fourth-order valence-corrected chi connectivity index (χ4v) is 1.88. The number of ether oxygens (including phenoxy) is 2. The van der Waals surface area contributed by atoms with Crippen molar-refractivity contribution in [2.45, 2.75) is 38.3 Å². The summed E-state index contributed by atoms with van der Waals surface area (Å²) in [6.07, 6.45) is 3.15. The Bertz CT molecular complexity index is 344. The summed E-state index contributed by atoms with van der Waals surface area (Å²) in [7, 11) is 3.41. The Kier molecular flexibility index (Phi) is 6.72. The lowest BCUT2D eigenvalue weighted by atomic mass is 10.0. The first-order valence-electron chi connectivity index (χ1n) is 6.31. The van der Waals surface area contributed by atoms with E-state index in [0.29, 0.717) is 0 Å². The molecule has 2 atom stereocenters. The molecule has 0 amide bonds. The summed E-state index contributed by atoms with van der Waals surface area (Å²) in [6, 6.07) is 8.34. The van der Waals surface area contributed by atoms with Gasteiger partial charge in [-0.3, -0.25) is 11.3 Å². The minimum Gasteiger partial charge on any atom is -0.497 e. The minimum atomic E-state index is 0.259. The molecule has 0 fully saturated rings. The molecule has 0 saturated carbocycles. The van der Waals surface area contributed by atoms with Crippen LogP contribution < -0.4 is 16.0 Å².